The summed E-state index contributed by atoms with van der Waals surface area (Å²) >= 11 is 0. The number of hydrogen-bond donors (Lipinski definition) is 3. The quantitative estimate of drug-likeness (QED) is 0.420. The third-order valence-electron chi connectivity index (χ3n) is 5.50. The average molecular weight is 469 g/mol. The second-order valence-corrected chi connectivity index (χ2v) is 8.64. The fourth-order valence-electron chi connectivity index (χ4n) is 3.86. The number of benzene rings is 1. The molecule has 2 amide bonds. The van der Waals surface area contributed by atoms with Gasteiger partial charge in [-0.05, 0) is 24.5 Å². The summed E-state index contributed by atoms with van der Waals surface area (Å²) in [5.74, 6) is 0.218. The van der Waals surface area contributed by atoms with Gasteiger partial charge in [0.25, 0.3) is 11.5 Å². The lowest BCUT2D eigenvalue weighted by atomic mass is 10.1. The van der Waals surface area contributed by atoms with Crippen molar-refractivity contribution in [3.8, 4) is 0 Å². The van der Waals surface area contributed by atoms with E-state index in [0.29, 0.717) is 41.3 Å². The van der Waals surface area contributed by atoms with E-state index in [0.717, 1.165) is 12.8 Å². The van der Waals surface area contributed by atoms with Gasteiger partial charge in [0.1, 0.15) is 5.82 Å². The molecule has 0 aliphatic carbocycles. The van der Waals surface area contributed by atoms with Crippen molar-refractivity contribution >= 4 is 28.7 Å². The molecule has 10 nitrogen and oxygen atoms in total. The Morgan fingerprint density at radius 2 is 1.88 bits per heavy atom. The van der Waals surface area contributed by atoms with Crippen LogP contribution in [-0.4, -0.2) is 38.0 Å². The van der Waals surface area contributed by atoms with Crippen molar-refractivity contribution in [3.63, 3.8) is 0 Å². The molecular weight excluding hydrogens is 436 g/mol. The number of aromatic nitrogens is 4. The summed E-state index contributed by atoms with van der Waals surface area (Å²) in [6, 6.07) is 6.77. The molecule has 3 aromatic rings. The van der Waals surface area contributed by atoms with E-state index < -0.39 is 11.2 Å². The number of para-hydroxylation sites is 1. The molecule has 2 heterocycles. The zero-order valence-corrected chi connectivity index (χ0v) is 20.1. The maximum absolute atomic E-state index is 12.7. The number of carbonyl (C=O) groups excluding carboxylic acids is 2. The summed E-state index contributed by atoms with van der Waals surface area (Å²) in [7, 11) is 1.53. The molecule has 0 saturated carbocycles. The zero-order chi connectivity index (χ0) is 24.8. The summed E-state index contributed by atoms with van der Waals surface area (Å²) < 4.78 is 3.31. The van der Waals surface area contributed by atoms with E-state index in [9.17, 15) is 19.2 Å². The maximum Gasteiger partial charge on any atom is 0.330 e. The van der Waals surface area contributed by atoms with Crippen LogP contribution in [0.5, 0.6) is 0 Å². The van der Waals surface area contributed by atoms with Gasteiger partial charge in [-0.3, -0.25) is 23.9 Å². The first kappa shape index (κ1) is 24.9. The summed E-state index contributed by atoms with van der Waals surface area (Å²) in [4.78, 5) is 57.0. The highest BCUT2D eigenvalue weighted by Gasteiger charge is 2.20. The smallest absolute Gasteiger partial charge is 0.330 e. The molecule has 0 bridgehead atoms. The van der Waals surface area contributed by atoms with Gasteiger partial charge >= 0.3 is 5.69 Å². The van der Waals surface area contributed by atoms with Gasteiger partial charge in [-0.1, -0.05) is 39.3 Å². The van der Waals surface area contributed by atoms with Crippen LogP contribution in [0.2, 0.25) is 0 Å². The molecule has 0 spiro atoms. The Morgan fingerprint density at radius 3 is 2.56 bits per heavy atom. The van der Waals surface area contributed by atoms with Gasteiger partial charge in [0, 0.05) is 33.0 Å². The van der Waals surface area contributed by atoms with Crippen molar-refractivity contribution < 1.29 is 9.59 Å². The van der Waals surface area contributed by atoms with Gasteiger partial charge in [0.15, 0.2) is 11.2 Å². The van der Waals surface area contributed by atoms with E-state index in [1.54, 1.807) is 24.3 Å². The number of imidazole rings is 1. The molecule has 3 rings (SSSR count). The predicted molar refractivity (Wildman–Crippen MR) is 131 cm³/mol. The number of rotatable bonds is 10. The maximum atomic E-state index is 12.7. The molecule has 0 unspecified atom stereocenters. The third-order valence-corrected chi connectivity index (χ3v) is 5.50. The Hall–Kier alpha value is -3.69. The van der Waals surface area contributed by atoms with Crippen LogP contribution >= 0.6 is 0 Å². The number of unbranched alkanes of at least 4 members (excludes halogenated alkanes) is 1. The Bertz CT molecular complexity index is 1300. The van der Waals surface area contributed by atoms with Gasteiger partial charge in [-0.25, -0.2) is 9.78 Å². The standard InChI is InChI=1S/C24H32N6O4/c1-5-6-13-29-21-20(23(33)28-24(29)34)30(14-15(2)3)18(27-21)11-12-19(31)26-17-10-8-7-9-16(17)22(32)25-4/h7-10,15H,5-6,11-14H2,1-4H3,(H,25,32)(H,26,31)(H,28,33,34). The van der Waals surface area contributed by atoms with Crippen LogP contribution in [0.4, 0.5) is 5.69 Å². The van der Waals surface area contributed by atoms with Crippen LogP contribution in [0.1, 0.15) is 56.2 Å². The molecule has 34 heavy (non-hydrogen) atoms. The molecular formula is C24H32N6O4. The largest absolute Gasteiger partial charge is 0.355 e. The lowest BCUT2D eigenvalue weighted by Gasteiger charge is -2.12. The van der Waals surface area contributed by atoms with Crippen LogP contribution in [0.3, 0.4) is 0 Å². The number of nitrogens with zero attached hydrogens (tertiary/aromatic N) is 3. The summed E-state index contributed by atoms with van der Waals surface area (Å²) in [6.07, 6.45) is 2.04. The number of aromatic amines is 1. The van der Waals surface area contributed by atoms with Gasteiger partial charge in [0.2, 0.25) is 5.91 Å². The molecule has 10 heteroatoms. The summed E-state index contributed by atoms with van der Waals surface area (Å²) in [5, 5.41) is 5.35. The first-order chi connectivity index (χ1) is 16.3. The summed E-state index contributed by atoms with van der Waals surface area (Å²) in [5.41, 5.74) is 0.545. The molecule has 0 fully saturated rings. The van der Waals surface area contributed by atoms with E-state index in [2.05, 4.69) is 20.6 Å². The number of aryl methyl sites for hydroxylation is 2. The van der Waals surface area contributed by atoms with Crippen molar-refractivity contribution in [3.05, 3.63) is 56.5 Å². The van der Waals surface area contributed by atoms with Crippen LogP contribution in [0, 0.1) is 5.92 Å². The molecule has 0 saturated heterocycles. The average Bonchev–Trinajstić information content (AvgIpc) is 3.15. The molecule has 182 valence electrons. The third kappa shape index (κ3) is 5.44. The topological polar surface area (TPSA) is 131 Å². The van der Waals surface area contributed by atoms with Crippen LogP contribution < -0.4 is 21.9 Å². The fourth-order valence-corrected chi connectivity index (χ4v) is 3.86. The van der Waals surface area contributed by atoms with E-state index in [1.165, 1.54) is 11.6 Å². The molecule has 0 atom stereocenters. The number of hydrogen-bond acceptors (Lipinski definition) is 5. The summed E-state index contributed by atoms with van der Waals surface area (Å²) in [6.45, 7) is 7.07. The number of anilines is 1. The number of H-pyrrole nitrogens is 1. The fraction of sp³-hybridized carbons (Fsp3) is 0.458. The van der Waals surface area contributed by atoms with Crippen molar-refractivity contribution in [1.82, 2.24) is 24.4 Å². The minimum Gasteiger partial charge on any atom is -0.355 e. The van der Waals surface area contributed by atoms with Crippen LogP contribution in [0.25, 0.3) is 11.2 Å². The highest BCUT2D eigenvalue weighted by molar-refractivity contribution is 6.03. The van der Waals surface area contributed by atoms with E-state index in [4.69, 9.17) is 0 Å². The van der Waals surface area contributed by atoms with Crippen molar-refractivity contribution in [2.24, 2.45) is 5.92 Å². The minimum atomic E-state index is -0.477. The van der Waals surface area contributed by atoms with Crippen LogP contribution in [0.15, 0.2) is 33.9 Å². The number of carbonyl (C=O) groups is 2. The first-order valence-electron chi connectivity index (χ1n) is 11.6. The minimum absolute atomic E-state index is 0.0978. The lowest BCUT2D eigenvalue weighted by Crippen LogP contribution is -2.31. The molecule has 0 aliphatic rings. The normalized spacial score (nSPS) is 11.2. The Labute approximate surface area is 197 Å². The number of fused-ring (bicyclic) bond motifs is 1. The predicted octanol–water partition coefficient (Wildman–Crippen LogP) is 2.27. The van der Waals surface area contributed by atoms with Crippen molar-refractivity contribution in [2.75, 3.05) is 12.4 Å². The highest BCUT2D eigenvalue weighted by Crippen LogP contribution is 2.18. The monoisotopic (exact) mass is 468 g/mol. The van der Waals surface area contributed by atoms with Gasteiger partial charge in [0.05, 0.1) is 11.3 Å². The van der Waals surface area contributed by atoms with E-state index in [-0.39, 0.29) is 30.6 Å². The van der Waals surface area contributed by atoms with Crippen LogP contribution in [-0.2, 0) is 24.3 Å². The molecule has 0 radical (unpaired) electrons. The Kier molecular flexibility index (Phi) is 8.04. The zero-order valence-electron chi connectivity index (χ0n) is 20.1. The van der Waals surface area contributed by atoms with Crippen molar-refractivity contribution in [1.29, 1.82) is 0 Å². The SMILES string of the molecule is CCCCn1c(=O)[nH]c(=O)c2c1nc(CCC(=O)Nc1ccccc1C(=O)NC)n2CC(C)C. The molecule has 0 aliphatic heterocycles. The van der Waals surface area contributed by atoms with Crippen molar-refractivity contribution in [2.45, 2.75) is 59.5 Å². The Balaban J connectivity index is 1.92. The van der Waals surface area contributed by atoms with Gasteiger partial charge in [-0.15, -0.1) is 0 Å². The molecule has 1 aromatic carbocycles. The van der Waals surface area contributed by atoms with Gasteiger partial charge in [-0.2, -0.15) is 0 Å². The first-order valence-corrected chi connectivity index (χ1v) is 11.6. The van der Waals surface area contributed by atoms with Gasteiger partial charge < -0.3 is 15.2 Å². The number of amides is 2. The Morgan fingerprint density at radius 1 is 1.15 bits per heavy atom. The highest BCUT2D eigenvalue weighted by atomic mass is 16.2. The molecule has 3 N–H and O–H groups in total. The molecule has 2 aromatic heterocycles. The van der Waals surface area contributed by atoms with E-state index >= 15 is 0 Å². The second kappa shape index (κ2) is 11.0. The second-order valence-electron chi connectivity index (χ2n) is 8.64. The lowest BCUT2D eigenvalue weighted by molar-refractivity contribution is -0.116. The number of nitrogens with one attached hydrogen (secondary N) is 3. The van der Waals surface area contributed by atoms with E-state index in [1.807, 2.05) is 25.3 Å².